The molecule has 0 amide bonds. The number of nitrogens with one attached hydrogen (secondary N) is 1. The van der Waals surface area contributed by atoms with Crippen LogP contribution in [0.4, 0.5) is 0 Å². The van der Waals surface area contributed by atoms with Gasteiger partial charge in [-0.05, 0) is 18.4 Å². The van der Waals surface area contributed by atoms with E-state index in [1.54, 1.807) is 24.7 Å². The first-order valence-corrected chi connectivity index (χ1v) is 8.71. The second kappa shape index (κ2) is 7.68. The number of nitrogens with zero attached hydrogens (tertiary/aromatic N) is 4. The van der Waals surface area contributed by atoms with E-state index in [9.17, 15) is 10.1 Å². The SMILES string of the molecule is CSc1nc(-c2ccccc2OCCn2ccnc2)c(C#N)c(=O)[nH]1. The van der Waals surface area contributed by atoms with Crippen molar-refractivity contribution in [3.05, 3.63) is 58.9 Å². The summed E-state index contributed by atoms with van der Waals surface area (Å²) in [6.45, 7) is 1.06. The molecule has 0 saturated carbocycles. The van der Waals surface area contributed by atoms with Gasteiger partial charge >= 0.3 is 0 Å². The second-order valence-electron chi connectivity index (χ2n) is 5.06. The van der Waals surface area contributed by atoms with E-state index < -0.39 is 5.56 Å². The Labute approximate surface area is 148 Å². The lowest BCUT2D eigenvalue weighted by Crippen LogP contribution is -2.15. The summed E-state index contributed by atoms with van der Waals surface area (Å²) in [4.78, 5) is 23.1. The number of thioether (sulfide) groups is 1. The number of hydrogen-bond donors (Lipinski definition) is 1. The van der Waals surface area contributed by atoms with Crippen LogP contribution in [0.15, 0.2) is 52.9 Å². The molecule has 3 rings (SSSR count). The van der Waals surface area contributed by atoms with Gasteiger partial charge in [-0.1, -0.05) is 23.9 Å². The van der Waals surface area contributed by atoms with E-state index in [1.807, 2.05) is 35.2 Å². The molecule has 0 fully saturated rings. The van der Waals surface area contributed by atoms with Crippen LogP contribution in [-0.4, -0.2) is 32.4 Å². The maximum Gasteiger partial charge on any atom is 0.270 e. The first-order valence-electron chi connectivity index (χ1n) is 7.49. The van der Waals surface area contributed by atoms with Crippen molar-refractivity contribution in [3.8, 4) is 23.1 Å². The summed E-state index contributed by atoms with van der Waals surface area (Å²) >= 11 is 1.31. The third-order valence-electron chi connectivity index (χ3n) is 3.51. The van der Waals surface area contributed by atoms with E-state index in [1.165, 1.54) is 11.8 Å². The maximum atomic E-state index is 12.1. The third kappa shape index (κ3) is 3.72. The van der Waals surface area contributed by atoms with E-state index in [0.29, 0.717) is 35.3 Å². The van der Waals surface area contributed by atoms with Crippen molar-refractivity contribution in [1.82, 2.24) is 19.5 Å². The fourth-order valence-corrected chi connectivity index (χ4v) is 2.69. The molecule has 1 N–H and O–H groups in total. The minimum absolute atomic E-state index is 0.0246. The van der Waals surface area contributed by atoms with Gasteiger partial charge in [0.25, 0.3) is 5.56 Å². The zero-order valence-electron chi connectivity index (χ0n) is 13.5. The number of ether oxygens (including phenoxy) is 1. The molecule has 0 spiro atoms. The van der Waals surface area contributed by atoms with Crippen LogP contribution in [0.5, 0.6) is 5.75 Å². The van der Waals surface area contributed by atoms with Gasteiger partial charge in [-0.2, -0.15) is 5.26 Å². The van der Waals surface area contributed by atoms with Crippen LogP contribution in [0.2, 0.25) is 0 Å². The molecule has 7 nitrogen and oxygen atoms in total. The molecule has 0 unspecified atom stereocenters. The van der Waals surface area contributed by atoms with Crippen molar-refractivity contribution < 1.29 is 4.74 Å². The molecular formula is C17H15N5O2S. The van der Waals surface area contributed by atoms with Crippen molar-refractivity contribution in [3.63, 3.8) is 0 Å². The summed E-state index contributed by atoms with van der Waals surface area (Å²) in [5.74, 6) is 0.573. The molecule has 126 valence electrons. The lowest BCUT2D eigenvalue weighted by atomic mass is 10.1. The standard InChI is InChI=1S/C17H15N5O2S/c1-25-17-20-15(13(10-18)16(23)21-17)12-4-2-3-5-14(12)24-9-8-22-7-6-19-11-22/h2-7,11H,8-9H2,1H3,(H,20,21,23). The van der Waals surface area contributed by atoms with Gasteiger partial charge in [0.05, 0.1) is 12.9 Å². The fraction of sp³-hybridized carbons (Fsp3) is 0.176. The molecule has 3 aromatic rings. The Balaban J connectivity index is 1.94. The van der Waals surface area contributed by atoms with Crippen LogP contribution in [-0.2, 0) is 6.54 Å². The zero-order chi connectivity index (χ0) is 17.6. The molecule has 25 heavy (non-hydrogen) atoms. The predicted octanol–water partition coefficient (Wildman–Crippen LogP) is 2.31. The van der Waals surface area contributed by atoms with Crippen molar-refractivity contribution in [2.75, 3.05) is 12.9 Å². The Hall–Kier alpha value is -3.05. The number of aromatic nitrogens is 4. The minimum atomic E-state index is -0.454. The number of hydrogen-bond acceptors (Lipinski definition) is 6. The molecule has 0 aliphatic rings. The maximum absolute atomic E-state index is 12.1. The topological polar surface area (TPSA) is 96.6 Å². The molecule has 0 atom stereocenters. The fourth-order valence-electron chi connectivity index (χ4n) is 2.32. The molecule has 0 aliphatic heterocycles. The lowest BCUT2D eigenvalue weighted by molar-refractivity contribution is 0.299. The summed E-state index contributed by atoms with van der Waals surface area (Å²) in [6, 6.07) is 9.18. The summed E-state index contributed by atoms with van der Waals surface area (Å²) in [5.41, 5.74) is 0.466. The first-order chi connectivity index (χ1) is 12.2. The van der Waals surface area contributed by atoms with Gasteiger partial charge in [0.1, 0.15) is 29.7 Å². The summed E-state index contributed by atoms with van der Waals surface area (Å²) < 4.78 is 7.76. The largest absolute Gasteiger partial charge is 0.491 e. The molecule has 8 heteroatoms. The van der Waals surface area contributed by atoms with Crippen LogP contribution in [0.25, 0.3) is 11.3 Å². The molecule has 2 aromatic heterocycles. The second-order valence-corrected chi connectivity index (χ2v) is 5.85. The average molecular weight is 353 g/mol. The highest BCUT2D eigenvalue weighted by atomic mass is 32.2. The normalized spacial score (nSPS) is 10.4. The molecule has 0 aliphatic carbocycles. The highest BCUT2D eigenvalue weighted by Gasteiger charge is 2.16. The summed E-state index contributed by atoms with van der Waals surface area (Å²) in [7, 11) is 0. The van der Waals surface area contributed by atoms with E-state index in [2.05, 4.69) is 15.0 Å². The number of nitriles is 1. The van der Waals surface area contributed by atoms with E-state index in [4.69, 9.17) is 4.74 Å². The molecule has 1 aromatic carbocycles. The van der Waals surface area contributed by atoms with Crippen LogP contribution in [0.3, 0.4) is 0 Å². The predicted molar refractivity (Wildman–Crippen MR) is 94.5 cm³/mol. The Morgan fingerprint density at radius 2 is 2.24 bits per heavy atom. The lowest BCUT2D eigenvalue weighted by Gasteiger charge is -2.12. The molecule has 2 heterocycles. The minimum Gasteiger partial charge on any atom is -0.491 e. The summed E-state index contributed by atoms with van der Waals surface area (Å²) in [5, 5.41) is 9.80. The van der Waals surface area contributed by atoms with E-state index in [-0.39, 0.29) is 5.56 Å². The van der Waals surface area contributed by atoms with Crippen LogP contribution in [0, 0.1) is 11.3 Å². The number of benzene rings is 1. The van der Waals surface area contributed by atoms with Gasteiger partial charge in [0, 0.05) is 18.0 Å². The molecular weight excluding hydrogens is 338 g/mol. The van der Waals surface area contributed by atoms with Crippen molar-refractivity contribution in [2.45, 2.75) is 11.7 Å². The van der Waals surface area contributed by atoms with Crippen molar-refractivity contribution in [2.24, 2.45) is 0 Å². The van der Waals surface area contributed by atoms with Gasteiger partial charge in [-0.15, -0.1) is 0 Å². The Bertz CT molecular complexity index is 960. The Morgan fingerprint density at radius 3 is 2.96 bits per heavy atom. The van der Waals surface area contributed by atoms with Gasteiger partial charge in [-0.25, -0.2) is 9.97 Å². The molecule has 0 radical (unpaired) electrons. The number of aromatic amines is 1. The highest BCUT2D eigenvalue weighted by Crippen LogP contribution is 2.30. The number of imidazole rings is 1. The van der Waals surface area contributed by atoms with Crippen molar-refractivity contribution >= 4 is 11.8 Å². The Morgan fingerprint density at radius 1 is 1.40 bits per heavy atom. The monoisotopic (exact) mass is 353 g/mol. The van der Waals surface area contributed by atoms with E-state index >= 15 is 0 Å². The third-order valence-corrected chi connectivity index (χ3v) is 4.09. The van der Waals surface area contributed by atoms with Gasteiger partial charge in [0.15, 0.2) is 5.16 Å². The number of rotatable bonds is 6. The Kier molecular flexibility index (Phi) is 5.16. The summed E-state index contributed by atoms with van der Waals surface area (Å²) in [6.07, 6.45) is 7.08. The van der Waals surface area contributed by atoms with Crippen LogP contribution in [0.1, 0.15) is 5.56 Å². The number of H-pyrrole nitrogens is 1. The van der Waals surface area contributed by atoms with Crippen LogP contribution < -0.4 is 10.3 Å². The van der Waals surface area contributed by atoms with Crippen molar-refractivity contribution in [1.29, 1.82) is 5.26 Å². The van der Waals surface area contributed by atoms with E-state index in [0.717, 1.165) is 0 Å². The molecule has 0 bridgehead atoms. The average Bonchev–Trinajstić information content (AvgIpc) is 3.15. The van der Waals surface area contributed by atoms with Gasteiger partial charge in [-0.3, -0.25) is 4.79 Å². The molecule has 0 saturated heterocycles. The highest BCUT2D eigenvalue weighted by molar-refractivity contribution is 7.98. The quantitative estimate of drug-likeness (QED) is 0.539. The smallest absolute Gasteiger partial charge is 0.270 e. The van der Waals surface area contributed by atoms with Crippen LogP contribution >= 0.6 is 11.8 Å². The number of para-hydroxylation sites is 1. The van der Waals surface area contributed by atoms with Gasteiger partial charge < -0.3 is 14.3 Å². The zero-order valence-corrected chi connectivity index (χ0v) is 14.3. The van der Waals surface area contributed by atoms with Gasteiger partial charge in [0.2, 0.25) is 0 Å². The first kappa shape index (κ1) is 16.8.